The van der Waals surface area contributed by atoms with E-state index in [1.807, 2.05) is 16.2 Å². The maximum absolute atomic E-state index is 12.3. The van der Waals surface area contributed by atoms with Gasteiger partial charge in [-0.25, -0.2) is 0 Å². The van der Waals surface area contributed by atoms with Crippen molar-refractivity contribution >= 4 is 17.2 Å². The molecule has 0 aromatic carbocycles. The second-order valence-electron chi connectivity index (χ2n) is 5.83. The minimum absolute atomic E-state index is 0.256. The van der Waals surface area contributed by atoms with Crippen molar-refractivity contribution in [2.45, 2.75) is 64.5 Å². The van der Waals surface area contributed by atoms with Crippen LogP contribution in [0.3, 0.4) is 0 Å². The molecule has 2 rings (SSSR count). The molecule has 1 fully saturated rings. The number of likely N-dealkylation sites (tertiary alicyclic amines) is 1. The van der Waals surface area contributed by atoms with Crippen LogP contribution in [0.15, 0.2) is 12.1 Å². The first kappa shape index (κ1) is 15.5. The Bertz CT molecular complexity index is 441. The predicted molar refractivity (Wildman–Crippen MR) is 83.0 cm³/mol. The molecule has 2 atom stereocenters. The first-order chi connectivity index (χ1) is 9.56. The minimum atomic E-state index is -0.317. The van der Waals surface area contributed by atoms with Crippen molar-refractivity contribution in [3.63, 3.8) is 0 Å². The molecular formula is C16H25NO2S. The average molecular weight is 295 g/mol. The fraction of sp³-hybridized carbons (Fsp3) is 0.688. The summed E-state index contributed by atoms with van der Waals surface area (Å²) in [7, 11) is 0. The van der Waals surface area contributed by atoms with Gasteiger partial charge in [0.05, 0.1) is 6.10 Å². The van der Waals surface area contributed by atoms with Gasteiger partial charge in [-0.05, 0) is 58.1 Å². The number of aryl methyl sites for hydroxylation is 2. The van der Waals surface area contributed by atoms with Crippen LogP contribution in [-0.2, 0) is 11.2 Å². The van der Waals surface area contributed by atoms with E-state index in [1.165, 1.54) is 9.75 Å². The molecule has 1 saturated heterocycles. The number of aliphatic hydroxyl groups excluding tert-OH is 1. The minimum Gasteiger partial charge on any atom is -0.393 e. The third-order valence-electron chi connectivity index (χ3n) is 3.92. The lowest BCUT2D eigenvalue weighted by Crippen LogP contribution is -2.37. The molecule has 2 heterocycles. The van der Waals surface area contributed by atoms with Crippen molar-refractivity contribution in [2.24, 2.45) is 0 Å². The zero-order chi connectivity index (χ0) is 14.5. The maximum Gasteiger partial charge on any atom is 0.222 e. The molecule has 2 unspecified atom stereocenters. The highest BCUT2D eigenvalue weighted by Crippen LogP contribution is 2.23. The zero-order valence-electron chi connectivity index (χ0n) is 12.5. The summed E-state index contributed by atoms with van der Waals surface area (Å²) in [4.78, 5) is 17.0. The fourth-order valence-corrected chi connectivity index (χ4v) is 3.91. The normalized spacial score (nSPS) is 20.4. The van der Waals surface area contributed by atoms with Gasteiger partial charge in [0.25, 0.3) is 0 Å². The van der Waals surface area contributed by atoms with Gasteiger partial charge in [-0.1, -0.05) is 0 Å². The van der Waals surface area contributed by atoms with Crippen molar-refractivity contribution in [1.82, 2.24) is 4.90 Å². The highest BCUT2D eigenvalue weighted by Gasteiger charge is 2.28. The molecule has 0 bridgehead atoms. The summed E-state index contributed by atoms with van der Waals surface area (Å²) >= 11 is 1.82. The lowest BCUT2D eigenvalue weighted by molar-refractivity contribution is -0.132. The largest absolute Gasteiger partial charge is 0.393 e. The quantitative estimate of drug-likeness (QED) is 0.876. The van der Waals surface area contributed by atoms with Crippen LogP contribution in [-0.4, -0.2) is 34.6 Å². The van der Waals surface area contributed by atoms with Crippen molar-refractivity contribution in [3.05, 3.63) is 21.9 Å². The van der Waals surface area contributed by atoms with Crippen LogP contribution in [0.1, 0.15) is 48.8 Å². The van der Waals surface area contributed by atoms with Crippen molar-refractivity contribution in [2.75, 3.05) is 6.54 Å². The highest BCUT2D eigenvalue weighted by molar-refractivity contribution is 7.11. The van der Waals surface area contributed by atoms with Gasteiger partial charge in [-0.15, -0.1) is 11.3 Å². The van der Waals surface area contributed by atoms with E-state index in [4.69, 9.17) is 0 Å². The summed E-state index contributed by atoms with van der Waals surface area (Å²) in [6.45, 7) is 4.79. The van der Waals surface area contributed by atoms with Crippen molar-refractivity contribution in [1.29, 1.82) is 0 Å². The summed E-state index contributed by atoms with van der Waals surface area (Å²) in [5, 5.41) is 9.50. The molecule has 1 aromatic heterocycles. The Morgan fingerprint density at radius 2 is 2.35 bits per heavy atom. The van der Waals surface area contributed by atoms with Crippen molar-refractivity contribution in [3.8, 4) is 0 Å². The Balaban J connectivity index is 1.76. The van der Waals surface area contributed by atoms with Crippen LogP contribution in [0.5, 0.6) is 0 Å². The summed E-state index contributed by atoms with van der Waals surface area (Å²) in [6.07, 6.45) is 5.08. The van der Waals surface area contributed by atoms with Crippen LogP contribution >= 0.6 is 11.3 Å². The molecular weight excluding hydrogens is 270 g/mol. The molecule has 4 heteroatoms. The van der Waals surface area contributed by atoms with E-state index >= 15 is 0 Å². The van der Waals surface area contributed by atoms with Crippen molar-refractivity contribution < 1.29 is 9.90 Å². The van der Waals surface area contributed by atoms with E-state index in [-0.39, 0.29) is 18.1 Å². The summed E-state index contributed by atoms with van der Waals surface area (Å²) in [6, 6.07) is 4.56. The fourth-order valence-electron chi connectivity index (χ4n) is 2.98. The summed E-state index contributed by atoms with van der Waals surface area (Å²) in [5.74, 6) is 0.265. The van der Waals surface area contributed by atoms with Gasteiger partial charge in [0.1, 0.15) is 0 Å². The van der Waals surface area contributed by atoms with Gasteiger partial charge in [0, 0.05) is 28.8 Å². The van der Waals surface area contributed by atoms with Gasteiger partial charge in [0.15, 0.2) is 0 Å². The third-order valence-corrected chi connectivity index (χ3v) is 4.98. The second-order valence-corrected chi connectivity index (χ2v) is 7.21. The third kappa shape index (κ3) is 4.32. The zero-order valence-corrected chi connectivity index (χ0v) is 13.3. The number of carbonyl (C=O) groups excluding carboxylic acids is 1. The van der Waals surface area contributed by atoms with E-state index < -0.39 is 0 Å². The number of hydrogen-bond acceptors (Lipinski definition) is 3. The maximum atomic E-state index is 12.3. The predicted octanol–water partition coefficient (Wildman–Crippen LogP) is 3.14. The second kappa shape index (κ2) is 7.23. The van der Waals surface area contributed by atoms with Crippen LogP contribution in [0.4, 0.5) is 0 Å². The van der Waals surface area contributed by atoms with Gasteiger partial charge in [-0.2, -0.15) is 0 Å². The molecule has 1 aliphatic heterocycles. The van der Waals surface area contributed by atoms with Crippen LogP contribution in [0.25, 0.3) is 0 Å². The first-order valence-corrected chi connectivity index (χ1v) is 8.40. The van der Waals surface area contributed by atoms with Crippen LogP contribution in [0, 0.1) is 6.92 Å². The number of rotatable bonds is 6. The van der Waals surface area contributed by atoms with Gasteiger partial charge < -0.3 is 10.0 Å². The molecule has 0 spiro atoms. The van der Waals surface area contributed by atoms with Gasteiger partial charge in [-0.3, -0.25) is 4.79 Å². The Labute approximate surface area is 125 Å². The number of carbonyl (C=O) groups is 1. The lowest BCUT2D eigenvalue weighted by Gasteiger charge is -2.25. The Morgan fingerprint density at radius 3 is 3.00 bits per heavy atom. The number of nitrogens with zero attached hydrogens (tertiary/aromatic N) is 1. The molecule has 0 saturated carbocycles. The van der Waals surface area contributed by atoms with Crippen LogP contribution < -0.4 is 0 Å². The molecule has 3 nitrogen and oxygen atoms in total. The Hall–Kier alpha value is -0.870. The molecule has 1 amide bonds. The molecule has 20 heavy (non-hydrogen) atoms. The van der Waals surface area contributed by atoms with Gasteiger partial charge >= 0.3 is 0 Å². The summed E-state index contributed by atoms with van der Waals surface area (Å²) < 4.78 is 0. The first-order valence-electron chi connectivity index (χ1n) is 7.59. The molecule has 0 radical (unpaired) electrons. The van der Waals surface area contributed by atoms with E-state index in [1.54, 1.807) is 6.92 Å². The standard InChI is InChI=1S/C16H25NO2S/c1-12(18)11-14-5-4-10-17(14)16(19)7-3-6-15-9-8-13(2)20-15/h8-9,12,14,18H,3-7,10-11H2,1-2H3. The average Bonchev–Trinajstić information content (AvgIpc) is 2.98. The SMILES string of the molecule is Cc1ccc(CCCC(=O)N2CCCC2CC(C)O)s1. The topological polar surface area (TPSA) is 40.5 Å². The van der Waals surface area contributed by atoms with E-state index in [0.29, 0.717) is 6.42 Å². The van der Waals surface area contributed by atoms with Crippen LogP contribution in [0.2, 0.25) is 0 Å². The molecule has 0 aliphatic carbocycles. The van der Waals surface area contributed by atoms with Gasteiger partial charge in [0.2, 0.25) is 5.91 Å². The smallest absolute Gasteiger partial charge is 0.222 e. The highest BCUT2D eigenvalue weighted by atomic mass is 32.1. The lowest BCUT2D eigenvalue weighted by atomic mass is 10.1. The van der Waals surface area contributed by atoms with E-state index in [9.17, 15) is 9.90 Å². The summed E-state index contributed by atoms with van der Waals surface area (Å²) in [5.41, 5.74) is 0. The monoisotopic (exact) mass is 295 g/mol. The number of amides is 1. The molecule has 112 valence electrons. The Kier molecular flexibility index (Phi) is 5.61. The van der Waals surface area contributed by atoms with E-state index in [2.05, 4.69) is 19.1 Å². The number of hydrogen-bond donors (Lipinski definition) is 1. The molecule has 1 N–H and O–H groups in total. The number of aliphatic hydroxyl groups is 1. The van der Waals surface area contributed by atoms with E-state index in [0.717, 1.165) is 38.6 Å². The molecule has 1 aromatic rings. The molecule has 1 aliphatic rings. The number of thiophene rings is 1. The Morgan fingerprint density at radius 1 is 1.55 bits per heavy atom.